The largest absolute Gasteiger partial charge is 0.352 e. The summed E-state index contributed by atoms with van der Waals surface area (Å²) in [7, 11) is 1.60. The Kier molecular flexibility index (Phi) is 11.5. The molecular formula is C11H24ClN3O2S. The van der Waals surface area contributed by atoms with Crippen molar-refractivity contribution in [2.75, 3.05) is 25.6 Å². The number of likely N-dealkylation sites (N-methyl/N-ethyl adjacent to an activating group) is 1. The number of hydrogen-bond acceptors (Lipinski definition) is 4. The van der Waals surface area contributed by atoms with Gasteiger partial charge in [-0.15, -0.1) is 12.4 Å². The Balaban J connectivity index is 0. The van der Waals surface area contributed by atoms with Gasteiger partial charge in [-0.3, -0.25) is 9.59 Å². The molecule has 0 spiro atoms. The van der Waals surface area contributed by atoms with Crippen LogP contribution >= 0.6 is 24.2 Å². The van der Waals surface area contributed by atoms with Gasteiger partial charge in [0.05, 0.1) is 12.6 Å². The van der Waals surface area contributed by atoms with E-state index in [2.05, 4.69) is 5.32 Å². The van der Waals surface area contributed by atoms with Gasteiger partial charge in [-0.05, 0) is 32.3 Å². The number of thioether (sulfide) groups is 1. The lowest BCUT2D eigenvalue weighted by atomic mass is 10.2. The molecule has 0 saturated heterocycles. The van der Waals surface area contributed by atoms with Gasteiger partial charge < -0.3 is 16.0 Å². The molecule has 0 heterocycles. The van der Waals surface area contributed by atoms with E-state index in [1.807, 2.05) is 20.1 Å². The summed E-state index contributed by atoms with van der Waals surface area (Å²) in [6.07, 6.45) is 2.60. The van der Waals surface area contributed by atoms with Gasteiger partial charge in [-0.1, -0.05) is 0 Å². The smallest absolute Gasteiger partial charge is 0.239 e. The molecule has 0 radical (unpaired) electrons. The van der Waals surface area contributed by atoms with Gasteiger partial charge in [0.2, 0.25) is 11.8 Å². The van der Waals surface area contributed by atoms with E-state index < -0.39 is 6.04 Å². The van der Waals surface area contributed by atoms with Crippen LogP contribution in [-0.4, -0.2) is 54.4 Å². The lowest BCUT2D eigenvalue weighted by Crippen LogP contribution is -2.47. The van der Waals surface area contributed by atoms with Gasteiger partial charge in [-0.25, -0.2) is 0 Å². The van der Waals surface area contributed by atoms with Crippen molar-refractivity contribution in [3.8, 4) is 0 Å². The van der Waals surface area contributed by atoms with Crippen LogP contribution in [0.3, 0.4) is 0 Å². The molecule has 3 N–H and O–H groups in total. The van der Waals surface area contributed by atoms with E-state index in [0.717, 1.165) is 5.75 Å². The van der Waals surface area contributed by atoms with Gasteiger partial charge >= 0.3 is 0 Å². The number of nitrogens with two attached hydrogens (primary N) is 1. The molecule has 0 unspecified atom stereocenters. The molecule has 0 saturated carbocycles. The second kappa shape index (κ2) is 10.5. The monoisotopic (exact) mass is 297 g/mol. The Bertz CT molecular complexity index is 265. The maximum atomic E-state index is 11.8. The summed E-state index contributed by atoms with van der Waals surface area (Å²) in [6, 6.07) is -0.435. The third-order valence-electron chi connectivity index (χ3n) is 2.16. The van der Waals surface area contributed by atoms with Crippen LogP contribution in [0.15, 0.2) is 0 Å². The van der Waals surface area contributed by atoms with Crippen molar-refractivity contribution in [2.24, 2.45) is 5.73 Å². The molecule has 1 atom stereocenters. The Labute approximate surface area is 120 Å². The zero-order valence-electron chi connectivity index (χ0n) is 11.4. The fourth-order valence-corrected chi connectivity index (χ4v) is 1.80. The number of carbonyl (C=O) groups is 2. The third kappa shape index (κ3) is 8.60. The van der Waals surface area contributed by atoms with Crippen LogP contribution in [0.4, 0.5) is 0 Å². The first-order valence-electron chi connectivity index (χ1n) is 5.67. The number of nitrogens with one attached hydrogen (secondary N) is 1. The first-order valence-corrected chi connectivity index (χ1v) is 7.06. The lowest BCUT2D eigenvalue weighted by Gasteiger charge is -2.21. The van der Waals surface area contributed by atoms with Crippen LogP contribution in [0.5, 0.6) is 0 Å². The summed E-state index contributed by atoms with van der Waals surface area (Å²) >= 11 is 1.65. The van der Waals surface area contributed by atoms with Crippen LogP contribution in [0.1, 0.15) is 20.3 Å². The average molecular weight is 298 g/mol. The Hall–Kier alpha value is -0.460. The maximum Gasteiger partial charge on any atom is 0.239 e. The van der Waals surface area contributed by atoms with Crippen molar-refractivity contribution >= 4 is 36.0 Å². The summed E-state index contributed by atoms with van der Waals surface area (Å²) in [4.78, 5) is 24.6. The van der Waals surface area contributed by atoms with Gasteiger partial charge in [0.15, 0.2) is 0 Å². The van der Waals surface area contributed by atoms with Crippen molar-refractivity contribution in [2.45, 2.75) is 32.4 Å². The third-order valence-corrected chi connectivity index (χ3v) is 2.80. The fraction of sp³-hybridized carbons (Fsp3) is 0.818. The van der Waals surface area contributed by atoms with E-state index in [4.69, 9.17) is 5.73 Å². The van der Waals surface area contributed by atoms with Crippen LogP contribution in [0.25, 0.3) is 0 Å². The standard InChI is InChI=1S/C11H23N3O2S.ClH/c1-8(2)13-10(15)7-14(3)11(16)9(12)5-6-17-4;/h8-9H,5-7,12H2,1-4H3,(H,13,15);1H/t9-;/m0./s1. The number of hydrogen-bond donors (Lipinski definition) is 2. The highest BCUT2D eigenvalue weighted by Crippen LogP contribution is 2.01. The quantitative estimate of drug-likeness (QED) is 0.716. The second-order valence-corrected chi connectivity index (χ2v) is 5.29. The van der Waals surface area contributed by atoms with Gasteiger partial charge in [-0.2, -0.15) is 11.8 Å². The van der Waals surface area contributed by atoms with E-state index in [1.165, 1.54) is 4.90 Å². The number of rotatable bonds is 7. The average Bonchev–Trinajstić information content (AvgIpc) is 2.23. The van der Waals surface area contributed by atoms with Crippen molar-refractivity contribution in [3.63, 3.8) is 0 Å². The molecular weight excluding hydrogens is 274 g/mol. The zero-order valence-corrected chi connectivity index (χ0v) is 13.1. The predicted molar refractivity (Wildman–Crippen MR) is 79.1 cm³/mol. The topological polar surface area (TPSA) is 75.4 Å². The summed E-state index contributed by atoms with van der Waals surface area (Å²) in [5.41, 5.74) is 5.74. The Morgan fingerprint density at radius 1 is 1.39 bits per heavy atom. The van der Waals surface area contributed by atoms with E-state index in [1.54, 1.807) is 18.8 Å². The summed E-state index contributed by atoms with van der Waals surface area (Å²) in [5, 5.41) is 2.73. The van der Waals surface area contributed by atoms with Gasteiger partial charge in [0, 0.05) is 13.1 Å². The zero-order chi connectivity index (χ0) is 13.4. The molecule has 0 aliphatic heterocycles. The molecule has 2 amide bonds. The number of carbonyl (C=O) groups excluding carboxylic acids is 2. The lowest BCUT2D eigenvalue weighted by molar-refractivity contribution is -0.135. The molecule has 0 bridgehead atoms. The SMILES string of the molecule is CSCC[C@H](N)C(=O)N(C)CC(=O)NC(C)C.Cl. The minimum Gasteiger partial charge on any atom is -0.352 e. The van der Waals surface area contributed by atoms with Crippen LogP contribution in [-0.2, 0) is 9.59 Å². The Morgan fingerprint density at radius 2 is 1.94 bits per heavy atom. The Morgan fingerprint density at radius 3 is 2.39 bits per heavy atom. The van der Waals surface area contributed by atoms with E-state index in [-0.39, 0.29) is 36.8 Å². The molecule has 0 aliphatic rings. The van der Waals surface area contributed by atoms with E-state index >= 15 is 0 Å². The molecule has 0 aromatic carbocycles. The number of amides is 2. The molecule has 0 aromatic rings. The van der Waals surface area contributed by atoms with E-state index in [0.29, 0.717) is 6.42 Å². The highest BCUT2D eigenvalue weighted by atomic mass is 35.5. The second-order valence-electron chi connectivity index (χ2n) is 4.30. The maximum absolute atomic E-state index is 11.8. The van der Waals surface area contributed by atoms with Crippen LogP contribution in [0.2, 0.25) is 0 Å². The number of nitrogens with zero attached hydrogens (tertiary/aromatic N) is 1. The molecule has 18 heavy (non-hydrogen) atoms. The fourth-order valence-electron chi connectivity index (χ4n) is 1.31. The van der Waals surface area contributed by atoms with Crippen molar-refractivity contribution < 1.29 is 9.59 Å². The first kappa shape index (κ1) is 19.9. The van der Waals surface area contributed by atoms with Crippen molar-refractivity contribution in [1.29, 1.82) is 0 Å². The minimum absolute atomic E-state index is 0. The van der Waals surface area contributed by atoms with Crippen molar-refractivity contribution in [3.05, 3.63) is 0 Å². The molecule has 0 fully saturated rings. The summed E-state index contributed by atoms with van der Waals surface area (Å²) in [6.45, 7) is 3.82. The predicted octanol–water partition coefficient (Wildman–Crippen LogP) is 0.472. The van der Waals surface area contributed by atoms with E-state index in [9.17, 15) is 9.59 Å². The van der Waals surface area contributed by atoms with Gasteiger partial charge in [0.25, 0.3) is 0 Å². The molecule has 5 nitrogen and oxygen atoms in total. The summed E-state index contributed by atoms with van der Waals surface area (Å²) in [5.74, 6) is 0.504. The minimum atomic E-state index is -0.515. The number of halogens is 1. The molecule has 108 valence electrons. The van der Waals surface area contributed by atoms with Crippen LogP contribution in [0, 0.1) is 0 Å². The highest BCUT2D eigenvalue weighted by molar-refractivity contribution is 7.98. The highest BCUT2D eigenvalue weighted by Gasteiger charge is 2.19. The molecule has 0 rings (SSSR count). The normalized spacial score (nSPS) is 11.7. The van der Waals surface area contributed by atoms with Crippen LogP contribution < -0.4 is 11.1 Å². The molecule has 7 heteroatoms. The summed E-state index contributed by atoms with van der Waals surface area (Å²) < 4.78 is 0. The van der Waals surface area contributed by atoms with Gasteiger partial charge in [0.1, 0.15) is 0 Å². The molecule has 0 aliphatic carbocycles. The molecule has 0 aromatic heterocycles. The first-order chi connectivity index (χ1) is 7.88. The van der Waals surface area contributed by atoms with Crippen molar-refractivity contribution in [1.82, 2.24) is 10.2 Å².